The van der Waals surface area contributed by atoms with Gasteiger partial charge in [-0.15, -0.1) is 0 Å². The predicted molar refractivity (Wildman–Crippen MR) is 83.3 cm³/mol. The molecule has 0 aliphatic heterocycles. The highest BCUT2D eigenvalue weighted by atomic mass is 35.5. The number of rotatable bonds is 5. The fourth-order valence-electron chi connectivity index (χ4n) is 1.74. The van der Waals surface area contributed by atoms with Crippen molar-refractivity contribution in [2.24, 2.45) is 0 Å². The van der Waals surface area contributed by atoms with Crippen LogP contribution >= 0.6 is 11.6 Å². The van der Waals surface area contributed by atoms with E-state index in [1.807, 2.05) is 0 Å². The fraction of sp³-hybridized carbons (Fsp3) is 0.125. The number of hydrogen-bond acceptors (Lipinski definition) is 4. The van der Waals surface area contributed by atoms with Gasteiger partial charge in [0.25, 0.3) is 5.91 Å². The zero-order chi connectivity index (χ0) is 16.8. The van der Waals surface area contributed by atoms with Crippen molar-refractivity contribution < 1.29 is 23.5 Å². The van der Waals surface area contributed by atoms with Gasteiger partial charge in [-0.25, -0.2) is 9.18 Å². The first-order valence-corrected chi connectivity index (χ1v) is 6.94. The molecule has 0 aliphatic carbocycles. The Morgan fingerprint density at radius 1 is 1.22 bits per heavy atom. The molecular formula is C16H13ClFNO4. The van der Waals surface area contributed by atoms with Crippen LogP contribution in [0.15, 0.2) is 42.5 Å². The van der Waals surface area contributed by atoms with Crippen LogP contribution in [0.3, 0.4) is 0 Å². The third-order valence-electron chi connectivity index (χ3n) is 2.88. The van der Waals surface area contributed by atoms with Gasteiger partial charge in [0, 0.05) is 5.69 Å². The SMILES string of the molecule is COC(=O)COc1ccc(NC(=O)c2ccccc2F)cc1Cl. The van der Waals surface area contributed by atoms with Crippen molar-refractivity contribution in [3.8, 4) is 5.75 Å². The molecule has 0 aliphatic rings. The lowest BCUT2D eigenvalue weighted by Crippen LogP contribution is -2.14. The summed E-state index contributed by atoms with van der Waals surface area (Å²) in [6, 6.07) is 10.1. The summed E-state index contributed by atoms with van der Waals surface area (Å²) in [4.78, 5) is 23.0. The molecule has 0 bridgehead atoms. The molecule has 0 fully saturated rings. The molecule has 0 unspecified atom stereocenters. The molecule has 0 spiro atoms. The first-order valence-electron chi connectivity index (χ1n) is 6.56. The van der Waals surface area contributed by atoms with Gasteiger partial charge in [0.2, 0.25) is 0 Å². The minimum Gasteiger partial charge on any atom is -0.480 e. The minimum atomic E-state index is -0.617. The van der Waals surface area contributed by atoms with Gasteiger partial charge in [0.05, 0.1) is 17.7 Å². The first kappa shape index (κ1) is 16.8. The molecule has 0 radical (unpaired) electrons. The van der Waals surface area contributed by atoms with Crippen molar-refractivity contribution in [3.63, 3.8) is 0 Å². The number of ether oxygens (including phenoxy) is 2. The second-order valence-electron chi connectivity index (χ2n) is 4.44. The van der Waals surface area contributed by atoms with Crippen molar-refractivity contribution in [1.82, 2.24) is 0 Å². The number of benzene rings is 2. The van der Waals surface area contributed by atoms with Crippen LogP contribution in [-0.2, 0) is 9.53 Å². The van der Waals surface area contributed by atoms with Gasteiger partial charge in [0.15, 0.2) is 6.61 Å². The molecule has 5 nitrogen and oxygen atoms in total. The quantitative estimate of drug-likeness (QED) is 0.850. The van der Waals surface area contributed by atoms with E-state index in [2.05, 4.69) is 10.1 Å². The maximum absolute atomic E-state index is 13.5. The van der Waals surface area contributed by atoms with Gasteiger partial charge in [-0.1, -0.05) is 23.7 Å². The Labute approximate surface area is 137 Å². The lowest BCUT2D eigenvalue weighted by Gasteiger charge is -2.10. The van der Waals surface area contributed by atoms with Crippen molar-refractivity contribution >= 4 is 29.2 Å². The predicted octanol–water partition coefficient (Wildman–Crippen LogP) is 3.28. The molecule has 0 saturated heterocycles. The number of nitrogens with one attached hydrogen (secondary N) is 1. The van der Waals surface area contributed by atoms with E-state index in [-0.39, 0.29) is 22.9 Å². The molecule has 1 N–H and O–H groups in total. The summed E-state index contributed by atoms with van der Waals surface area (Å²) in [6.07, 6.45) is 0. The van der Waals surface area contributed by atoms with E-state index in [0.29, 0.717) is 5.69 Å². The normalized spacial score (nSPS) is 10.0. The Bertz CT molecular complexity index is 736. The molecule has 2 aromatic carbocycles. The molecule has 0 atom stereocenters. The average Bonchev–Trinajstić information content (AvgIpc) is 2.54. The molecule has 0 aromatic heterocycles. The second-order valence-corrected chi connectivity index (χ2v) is 4.85. The third kappa shape index (κ3) is 4.43. The number of amides is 1. The number of anilines is 1. The summed E-state index contributed by atoms with van der Waals surface area (Å²) < 4.78 is 23.2. The monoisotopic (exact) mass is 337 g/mol. The van der Waals surface area contributed by atoms with Crippen molar-refractivity contribution in [1.29, 1.82) is 0 Å². The number of carbonyl (C=O) groups is 2. The summed E-state index contributed by atoms with van der Waals surface area (Å²) in [5.41, 5.74) is 0.295. The summed E-state index contributed by atoms with van der Waals surface area (Å²) in [5, 5.41) is 2.73. The van der Waals surface area contributed by atoms with Gasteiger partial charge < -0.3 is 14.8 Å². The van der Waals surface area contributed by atoms with Gasteiger partial charge in [-0.2, -0.15) is 0 Å². The van der Waals surface area contributed by atoms with E-state index < -0.39 is 17.7 Å². The average molecular weight is 338 g/mol. The molecule has 120 valence electrons. The Morgan fingerprint density at radius 2 is 1.96 bits per heavy atom. The standard InChI is InChI=1S/C16H13ClFNO4/c1-22-15(20)9-23-14-7-6-10(8-12(14)17)19-16(21)11-4-2-3-5-13(11)18/h2-8H,9H2,1H3,(H,19,21). The van der Waals surface area contributed by atoms with E-state index >= 15 is 0 Å². The van der Waals surface area contributed by atoms with Gasteiger partial charge in [-0.05, 0) is 30.3 Å². The highest BCUT2D eigenvalue weighted by Crippen LogP contribution is 2.28. The van der Waals surface area contributed by atoms with Crippen LogP contribution in [0.5, 0.6) is 5.75 Å². The van der Waals surface area contributed by atoms with Crippen LogP contribution in [0.1, 0.15) is 10.4 Å². The Hall–Kier alpha value is -2.60. The largest absolute Gasteiger partial charge is 0.480 e. The molecule has 0 heterocycles. The lowest BCUT2D eigenvalue weighted by molar-refractivity contribution is -0.142. The Morgan fingerprint density at radius 3 is 2.61 bits per heavy atom. The molecule has 2 aromatic rings. The summed E-state index contributed by atoms with van der Waals surface area (Å²) in [6.45, 7) is -0.281. The smallest absolute Gasteiger partial charge is 0.343 e. The van der Waals surface area contributed by atoms with Crippen LogP contribution in [0, 0.1) is 5.82 Å². The zero-order valence-corrected chi connectivity index (χ0v) is 12.9. The number of halogens is 2. The second kappa shape index (κ2) is 7.60. The van der Waals surface area contributed by atoms with Crippen molar-refractivity contribution in [2.45, 2.75) is 0 Å². The number of esters is 1. The van der Waals surface area contributed by atoms with Crippen LogP contribution < -0.4 is 10.1 Å². The highest BCUT2D eigenvalue weighted by molar-refractivity contribution is 6.32. The number of hydrogen-bond donors (Lipinski definition) is 1. The summed E-state index contributed by atoms with van der Waals surface area (Å²) >= 11 is 6.01. The fourth-order valence-corrected chi connectivity index (χ4v) is 1.97. The molecule has 23 heavy (non-hydrogen) atoms. The lowest BCUT2D eigenvalue weighted by atomic mass is 10.2. The van der Waals surface area contributed by atoms with E-state index in [1.165, 1.54) is 43.5 Å². The maximum atomic E-state index is 13.5. The van der Waals surface area contributed by atoms with E-state index in [1.54, 1.807) is 6.07 Å². The van der Waals surface area contributed by atoms with E-state index in [9.17, 15) is 14.0 Å². The highest BCUT2D eigenvalue weighted by Gasteiger charge is 2.12. The van der Waals surface area contributed by atoms with Crippen LogP contribution in [0.25, 0.3) is 0 Å². The Kier molecular flexibility index (Phi) is 5.54. The number of methoxy groups -OCH3 is 1. The maximum Gasteiger partial charge on any atom is 0.343 e. The van der Waals surface area contributed by atoms with Gasteiger partial charge in [-0.3, -0.25) is 4.79 Å². The third-order valence-corrected chi connectivity index (χ3v) is 3.18. The van der Waals surface area contributed by atoms with Gasteiger partial charge in [0.1, 0.15) is 11.6 Å². The van der Waals surface area contributed by atoms with Gasteiger partial charge >= 0.3 is 5.97 Å². The van der Waals surface area contributed by atoms with Crippen molar-refractivity contribution in [2.75, 3.05) is 19.0 Å². The van der Waals surface area contributed by atoms with Crippen LogP contribution in [0.4, 0.5) is 10.1 Å². The van der Waals surface area contributed by atoms with E-state index in [0.717, 1.165) is 0 Å². The topological polar surface area (TPSA) is 64.6 Å². The summed E-state index contributed by atoms with van der Waals surface area (Å²) in [5.74, 6) is -1.49. The van der Waals surface area contributed by atoms with Crippen molar-refractivity contribution in [3.05, 3.63) is 58.9 Å². The van der Waals surface area contributed by atoms with Crippen LogP contribution in [0.2, 0.25) is 5.02 Å². The molecule has 0 saturated carbocycles. The number of carbonyl (C=O) groups excluding carboxylic acids is 2. The molecule has 1 amide bonds. The molecule has 7 heteroatoms. The zero-order valence-electron chi connectivity index (χ0n) is 12.1. The molecule has 2 rings (SSSR count). The summed E-state index contributed by atoms with van der Waals surface area (Å²) in [7, 11) is 1.24. The molecular weight excluding hydrogens is 325 g/mol. The minimum absolute atomic E-state index is 0.0744. The first-order chi connectivity index (χ1) is 11.0. The Balaban J connectivity index is 2.07. The van der Waals surface area contributed by atoms with E-state index in [4.69, 9.17) is 16.3 Å². The van der Waals surface area contributed by atoms with Crippen LogP contribution in [-0.4, -0.2) is 25.6 Å².